The molecule has 1 rings (SSSR count). The van der Waals surface area contributed by atoms with Gasteiger partial charge in [-0.05, 0) is 0 Å². The van der Waals surface area contributed by atoms with E-state index in [1.807, 2.05) is 0 Å². The Morgan fingerprint density at radius 3 is 2.64 bits per heavy atom. The smallest absolute Gasteiger partial charge is 0.188 e. The molecule has 4 N–H and O–H groups in total. The first-order valence-corrected chi connectivity index (χ1v) is 3.45. The molecule has 2 atom stereocenters. The standard InChI is InChI=1S/C6H13N3O2/c1-11-5-3-9(6(7)8)2-4(5)10/h4-5,10H,2-3H2,1H3,(H3,7,8)/t4-,5-/m1/s1. The summed E-state index contributed by atoms with van der Waals surface area (Å²) in [6.07, 6.45) is -0.734. The Kier molecular flexibility index (Phi) is 2.31. The van der Waals surface area contributed by atoms with Gasteiger partial charge < -0.3 is 20.5 Å². The maximum Gasteiger partial charge on any atom is 0.188 e. The molecule has 1 aliphatic heterocycles. The largest absolute Gasteiger partial charge is 0.388 e. The van der Waals surface area contributed by atoms with E-state index in [-0.39, 0.29) is 12.1 Å². The first kappa shape index (κ1) is 8.29. The van der Waals surface area contributed by atoms with Gasteiger partial charge in [0.2, 0.25) is 0 Å². The molecule has 0 aromatic carbocycles. The van der Waals surface area contributed by atoms with Crippen molar-refractivity contribution in [3.63, 3.8) is 0 Å². The van der Waals surface area contributed by atoms with Gasteiger partial charge in [-0.25, -0.2) is 0 Å². The van der Waals surface area contributed by atoms with E-state index < -0.39 is 6.10 Å². The van der Waals surface area contributed by atoms with Gasteiger partial charge in [-0.3, -0.25) is 5.41 Å². The minimum Gasteiger partial charge on any atom is -0.388 e. The van der Waals surface area contributed by atoms with Crippen LogP contribution in [0.4, 0.5) is 0 Å². The SMILES string of the molecule is CO[C@@H]1CN(C(=N)N)C[C@H]1O. The second-order valence-electron chi connectivity index (χ2n) is 2.63. The van der Waals surface area contributed by atoms with Crippen LogP contribution in [-0.4, -0.2) is 48.4 Å². The first-order valence-electron chi connectivity index (χ1n) is 3.45. The lowest BCUT2D eigenvalue weighted by molar-refractivity contribution is 0.0216. The average Bonchev–Trinajstić information content (AvgIpc) is 2.31. The van der Waals surface area contributed by atoms with Gasteiger partial charge in [0, 0.05) is 20.2 Å². The number of hydrogen-bond acceptors (Lipinski definition) is 3. The van der Waals surface area contributed by atoms with Gasteiger partial charge in [0.15, 0.2) is 5.96 Å². The van der Waals surface area contributed by atoms with Crippen LogP contribution in [-0.2, 0) is 4.74 Å². The van der Waals surface area contributed by atoms with Gasteiger partial charge >= 0.3 is 0 Å². The number of ether oxygens (including phenoxy) is 1. The number of hydrogen-bond donors (Lipinski definition) is 3. The van der Waals surface area contributed by atoms with Crippen molar-refractivity contribution in [1.82, 2.24) is 4.90 Å². The van der Waals surface area contributed by atoms with Gasteiger partial charge in [-0.1, -0.05) is 0 Å². The molecule has 0 amide bonds. The Hall–Kier alpha value is -0.810. The molecule has 11 heavy (non-hydrogen) atoms. The number of guanidine groups is 1. The second kappa shape index (κ2) is 3.06. The van der Waals surface area contributed by atoms with E-state index in [2.05, 4.69) is 0 Å². The summed E-state index contributed by atoms with van der Waals surface area (Å²) >= 11 is 0. The minimum absolute atomic E-state index is 0.0106. The Bertz CT molecular complexity index is 162. The molecule has 0 spiro atoms. The fourth-order valence-electron chi connectivity index (χ4n) is 1.19. The summed E-state index contributed by atoms with van der Waals surface area (Å²) in [5.41, 5.74) is 5.22. The summed E-state index contributed by atoms with van der Waals surface area (Å²) in [7, 11) is 1.54. The highest BCUT2D eigenvalue weighted by atomic mass is 16.5. The summed E-state index contributed by atoms with van der Waals surface area (Å²) in [6.45, 7) is 0.904. The van der Waals surface area contributed by atoms with Crippen LogP contribution in [0.25, 0.3) is 0 Å². The zero-order chi connectivity index (χ0) is 8.43. The highest BCUT2D eigenvalue weighted by molar-refractivity contribution is 5.75. The molecule has 1 saturated heterocycles. The van der Waals surface area contributed by atoms with Crippen LogP contribution in [0.1, 0.15) is 0 Å². The summed E-state index contributed by atoms with van der Waals surface area (Å²) in [6, 6.07) is 0. The molecule has 5 heteroatoms. The third-order valence-corrected chi connectivity index (χ3v) is 1.88. The molecule has 0 aromatic rings. The van der Waals surface area contributed by atoms with E-state index in [0.717, 1.165) is 0 Å². The van der Waals surface area contributed by atoms with Crippen LogP contribution in [0.2, 0.25) is 0 Å². The van der Waals surface area contributed by atoms with Crippen molar-refractivity contribution < 1.29 is 9.84 Å². The second-order valence-corrected chi connectivity index (χ2v) is 2.63. The number of nitrogens with one attached hydrogen (secondary N) is 1. The maximum absolute atomic E-state index is 9.29. The molecular formula is C6H13N3O2. The molecule has 1 fully saturated rings. The number of methoxy groups -OCH3 is 1. The van der Waals surface area contributed by atoms with E-state index in [4.69, 9.17) is 15.9 Å². The predicted octanol–water partition coefficient (Wildman–Crippen LogP) is -1.43. The number of aliphatic hydroxyl groups excluding tert-OH is 1. The van der Waals surface area contributed by atoms with Crippen molar-refractivity contribution in [2.24, 2.45) is 5.73 Å². The van der Waals surface area contributed by atoms with Crippen molar-refractivity contribution >= 4 is 5.96 Å². The molecule has 1 heterocycles. The number of nitrogens with two attached hydrogens (primary N) is 1. The molecule has 0 aliphatic carbocycles. The van der Waals surface area contributed by atoms with Crippen LogP contribution in [0.5, 0.6) is 0 Å². The van der Waals surface area contributed by atoms with Gasteiger partial charge in [-0.2, -0.15) is 0 Å². The Morgan fingerprint density at radius 2 is 2.36 bits per heavy atom. The fourth-order valence-corrected chi connectivity index (χ4v) is 1.19. The van der Waals surface area contributed by atoms with Gasteiger partial charge in [0.05, 0.1) is 6.10 Å². The van der Waals surface area contributed by atoms with Crippen molar-refractivity contribution in [1.29, 1.82) is 5.41 Å². The minimum atomic E-state index is -0.524. The summed E-state index contributed by atoms with van der Waals surface area (Å²) in [5, 5.41) is 16.4. The molecule has 0 radical (unpaired) electrons. The Labute approximate surface area is 65.3 Å². The van der Waals surface area contributed by atoms with Crippen molar-refractivity contribution in [3.8, 4) is 0 Å². The summed E-state index contributed by atoms with van der Waals surface area (Å²) in [5.74, 6) is -0.0106. The number of aliphatic hydroxyl groups is 1. The lowest BCUT2D eigenvalue weighted by Crippen LogP contribution is -2.35. The normalized spacial score (nSPS) is 30.9. The zero-order valence-electron chi connectivity index (χ0n) is 6.45. The van der Waals surface area contributed by atoms with E-state index in [9.17, 15) is 5.11 Å². The highest BCUT2D eigenvalue weighted by Crippen LogP contribution is 2.11. The Balaban J connectivity index is 2.49. The molecule has 0 unspecified atom stereocenters. The highest BCUT2D eigenvalue weighted by Gasteiger charge is 2.31. The van der Waals surface area contributed by atoms with Crippen LogP contribution in [0, 0.1) is 5.41 Å². The number of β-amino-alcohol motifs (C(OH)–C–C–N with tert-alkyl or cyclic N) is 1. The molecule has 0 saturated carbocycles. The summed E-state index contributed by atoms with van der Waals surface area (Å²) < 4.78 is 4.96. The molecule has 0 aromatic heterocycles. The van der Waals surface area contributed by atoms with E-state index in [1.54, 1.807) is 4.90 Å². The third-order valence-electron chi connectivity index (χ3n) is 1.88. The van der Waals surface area contributed by atoms with E-state index in [0.29, 0.717) is 13.1 Å². The monoisotopic (exact) mass is 159 g/mol. The van der Waals surface area contributed by atoms with Crippen LogP contribution < -0.4 is 5.73 Å². The average molecular weight is 159 g/mol. The van der Waals surface area contributed by atoms with Crippen LogP contribution in [0.15, 0.2) is 0 Å². The molecule has 0 bridgehead atoms. The summed E-state index contributed by atoms with van der Waals surface area (Å²) in [4.78, 5) is 1.58. The van der Waals surface area contributed by atoms with Crippen LogP contribution in [0.3, 0.4) is 0 Å². The van der Waals surface area contributed by atoms with Crippen molar-refractivity contribution in [2.45, 2.75) is 12.2 Å². The van der Waals surface area contributed by atoms with Gasteiger partial charge in [0.25, 0.3) is 0 Å². The van der Waals surface area contributed by atoms with E-state index >= 15 is 0 Å². The lowest BCUT2D eigenvalue weighted by Gasteiger charge is -2.13. The molecule has 5 nitrogen and oxygen atoms in total. The Morgan fingerprint density at radius 1 is 1.73 bits per heavy atom. The van der Waals surface area contributed by atoms with Crippen molar-refractivity contribution in [2.75, 3.05) is 20.2 Å². The van der Waals surface area contributed by atoms with Crippen LogP contribution >= 0.6 is 0 Å². The van der Waals surface area contributed by atoms with Gasteiger partial charge in [0.1, 0.15) is 6.10 Å². The van der Waals surface area contributed by atoms with E-state index in [1.165, 1.54) is 7.11 Å². The number of nitrogens with zero attached hydrogens (tertiary/aromatic N) is 1. The van der Waals surface area contributed by atoms with Gasteiger partial charge in [-0.15, -0.1) is 0 Å². The fraction of sp³-hybridized carbons (Fsp3) is 0.833. The molecule has 1 aliphatic rings. The number of likely N-dealkylation sites (tertiary alicyclic amines) is 1. The predicted molar refractivity (Wildman–Crippen MR) is 40.3 cm³/mol. The molecular weight excluding hydrogens is 146 g/mol. The topological polar surface area (TPSA) is 82.6 Å². The zero-order valence-corrected chi connectivity index (χ0v) is 6.45. The number of rotatable bonds is 1. The quantitative estimate of drug-likeness (QED) is 0.323. The lowest BCUT2D eigenvalue weighted by atomic mass is 10.3. The molecule has 64 valence electrons. The first-order chi connectivity index (χ1) is 5.15. The third kappa shape index (κ3) is 1.61. The van der Waals surface area contributed by atoms with Crippen molar-refractivity contribution in [3.05, 3.63) is 0 Å². The maximum atomic E-state index is 9.29.